The SMILES string of the molecule is Nc1ccc(NC(=O)O)cc1OCc1ccccc1. The Hall–Kier alpha value is -2.69. The van der Waals surface area contributed by atoms with Gasteiger partial charge in [-0.15, -0.1) is 0 Å². The standard InChI is InChI=1S/C14H14N2O3/c15-12-7-6-11(16-14(17)18)8-13(12)19-9-10-4-2-1-3-5-10/h1-8,16H,9,15H2,(H,17,18). The van der Waals surface area contributed by atoms with Crippen LogP contribution in [0.2, 0.25) is 0 Å². The summed E-state index contributed by atoms with van der Waals surface area (Å²) in [6.45, 7) is 0.377. The topological polar surface area (TPSA) is 84.6 Å². The molecule has 0 bridgehead atoms. The smallest absolute Gasteiger partial charge is 0.409 e. The van der Waals surface area contributed by atoms with E-state index in [0.717, 1.165) is 5.56 Å². The maximum absolute atomic E-state index is 10.6. The Morgan fingerprint density at radius 3 is 2.63 bits per heavy atom. The molecule has 2 rings (SSSR count). The van der Waals surface area contributed by atoms with Crippen LogP contribution in [0.15, 0.2) is 48.5 Å². The Morgan fingerprint density at radius 2 is 1.95 bits per heavy atom. The lowest BCUT2D eigenvalue weighted by molar-refractivity contribution is 0.209. The molecule has 5 heteroatoms. The summed E-state index contributed by atoms with van der Waals surface area (Å²) in [5.74, 6) is 0.454. The van der Waals surface area contributed by atoms with Crippen LogP contribution in [0.4, 0.5) is 16.2 Å². The minimum Gasteiger partial charge on any atom is -0.487 e. The Bertz CT molecular complexity index is 570. The van der Waals surface area contributed by atoms with Crippen LogP contribution in [0.5, 0.6) is 5.75 Å². The van der Waals surface area contributed by atoms with E-state index in [1.165, 1.54) is 0 Å². The van der Waals surface area contributed by atoms with Crippen molar-refractivity contribution in [1.82, 2.24) is 0 Å². The number of benzene rings is 2. The molecule has 1 amide bonds. The number of amides is 1. The molecule has 0 aliphatic rings. The second-order valence-electron chi connectivity index (χ2n) is 3.96. The van der Waals surface area contributed by atoms with Gasteiger partial charge in [0.1, 0.15) is 12.4 Å². The number of hydrogen-bond acceptors (Lipinski definition) is 3. The molecule has 19 heavy (non-hydrogen) atoms. The van der Waals surface area contributed by atoms with E-state index in [1.807, 2.05) is 30.3 Å². The largest absolute Gasteiger partial charge is 0.487 e. The van der Waals surface area contributed by atoms with E-state index in [2.05, 4.69) is 5.32 Å². The van der Waals surface area contributed by atoms with Crippen LogP contribution in [-0.2, 0) is 6.61 Å². The van der Waals surface area contributed by atoms with Crippen molar-refractivity contribution in [2.24, 2.45) is 0 Å². The lowest BCUT2D eigenvalue weighted by Gasteiger charge is -2.10. The van der Waals surface area contributed by atoms with Gasteiger partial charge in [-0.3, -0.25) is 5.32 Å². The van der Waals surface area contributed by atoms with Crippen LogP contribution in [0, 0.1) is 0 Å². The summed E-state index contributed by atoms with van der Waals surface area (Å²) in [6, 6.07) is 14.4. The van der Waals surface area contributed by atoms with Gasteiger partial charge >= 0.3 is 6.09 Å². The van der Waals surface area contributed by atoms with Crippen molar-refractivity contribution < 1.29 is 14.6 Å². The molecule has 4 N–H and O–H groups in total. The Labute approximate surface area is 110 Å². The predicted octanol–water partition coefficient (Wildman–Crippen LogP) is 2.94. The number of anilines is 2. The third kappa shape index (κ3) is 3.64. The molecule has 0 aliphatic heterocycles. The highest BCUT2D eigenvalue weighted by Crippen LogP contribution is 2.26. The second kappa shape index (κ2) is 5.77. The highest BCUT2D eigenvalue weighted by atomic mass is 16.5. The average molecular weight is 258 g/mol. The van der Waals surface area contributed by atoms with Gasteiger partial charge in [-0.2, -0.15) is 0 Å². The molecule has 5 nitrogen and oxygen atoms in total. The van der Waals surface area contributed by atoms with Crippen molar-refractivity contribution >= 4 is 17.5 Å². The molecular formula is C14H14N2O3. The predicted molar refractivity (Wildman–Crippen MR) is 73.3 cm³/mol. The van der Waals surface area contributed by atoms with E-state index in [0.29, 0.717) is 23.7 Å². The molecule has 0 unspecified atom stereocenters. The number of nitrogens with one attached hydrogen (secondary N) is 1. The summed E-state index contributed by atoms with van der Waals surface area (Å²) in [5.41, 5.74) is 7.68. The van der Waals surface area contributed by atoms with Crippen molar-refractivity contribution in [3.63, 3.8) is 0 Å². The zero-order chi connectivity index (χ0) is 13.7. The number of nitrogens with two attached hydrogens (primary N) is 1. The minimum atomic E-state index is -1.13. The van der Waals surface area contributed by atoms with Crippen molar-refractivity contribution in [2.45, 2.75) is 6.61 Å². The molecule has 0 saturated carbocycles. The number of rotatable bonds is 4. The zero-order valence-corrected chi connectivity index (χ0v) is 10.2. The van der Waals surface area contributed by atoms with E-state index in [-0.39, 0.29) is 0 Å². The van der Waals surface area contributed by atoms with E-state index >= 15 is 0 Å². The lowest BCUT2D eigenvalue weighted by atomic mass is 10.2. The first-order chi connectivity index (χ1) is 9.15. The van der Waals surface area contributed by atoms with Crippen molar-refractivity contribution in [3.05, 3.63) is 54.1 Å². The fourth-order valence-electron chi connectivity index (χ4n) is 1.60. The molecule has 0 atom stereocenters. The van der Waals surface area contributed by atoms with E-state index in [9.17, 15) is 4.79 Å². The van der Waals surface area contributed by atoms with Gasteiger partial charge in [-0.1, -0.05) is 30.3 Å². The van der Waals surface area contributed by atoms with E-state index in [1.54, 1.807) is 18.2 Å². The second-order valence-corrected chi connectivity index (χ2v) is 3.96. The van der Waals surface area contributed by atoms with Crippen LogP contribution in [0.25, 0.3) is 0 Å². The summed E-state index contributed by atoms with van der Waals surface area (Å²) >= 11 is 0. The Balaban J connectivity index is 2.08. The maximum atomic E-state index is 10.6. The van der Waals surface area contributed by atoms with E-state index < -0.39 is 6.09 Å². The van der Waals surface area contributed by atoms with Gasteiger partial charge < -0.3 is 15.6 Å². The third-order valence-electron chi connectivity index (χ3n) is 2.50. The molecule has 0 aliphatic carbocycles. The van der Waals surface area contributed by atoms with Gasteiger partial charge in [0.2, 0.25) is 0 Å². The fourth-order valence-corrected chi connectivity index (χ4v) is 1.60. The molecule has 0 radical (unpaired) electrons. The van der Waals surface area contributed by atoms with Crippen molar-refractivity contribution in [1.29, 1.82) is 0 Å². The number of hydrogen-bond donors (Lipinski definition) is 3. The Morgan fingerprint density at radius 1 is 1.21 bits per heavy atom. The zero-order valence-electron chi connectivity index (χ0n) is 10.2. The first-order valence-electron chi connectivity index (χ1n) is 5.71. The lowest BCUT2D eigenvalue weighted by Crippen LogP contribution is -2.07. The molecule has 2 aromatic rings. The molecule has 98 valence electrons. The van der Waals surface area contributed by atoms with Gasteiger partial charge in [0.25, 0.3) is 0 Å². The summed E-state index contributed by atoms with van der Waals surface area (Å²) in [5, 5.41) is 10.9. The summed E-state index contributed by atoms with van der Waals surface area (Å²) in [7, 11) is 0. The van der Waals surface area contributed by atoms with Crippen molar-refractivity contribution in [2.75, 3.05) is 11.1 Å². The molecule has 0 spiro atoms. The molecule has 2 aromatic carbocycles. The van der Waals surface area contributed by atoms with Gasteiger partial charge in [0.05, 0.1) is 5.69 Å². The summed E-state index contributed by atoms with van der Waals surface area (Å²) in [6.07, 6.45) is -1.13. The number of carbonyl (C=O) groups is 1. The highest BCUT2D eigenvalue weighted by molar-refractivity contribution is 5.83. The highest BCUT2D eigenvalue weighted by Gasteiger charge is 2.05. The number of nitrogen functional groups attached to an aromatic ring is 1. The van der Waals surface area contributed by atoms with Crippen LogP contribution in [0.1, 0.15) is 5.56 Å². The minimum absolute atomic E-state index is 0.377. The van der Waals surface area contributed by atoms with Gasteiger partial charge in [0, 0.05) is 11.8 Å². The number of carboxylic acid groups (broad SMARTS) is 1. The molecule has 0 heterocycles. The number of ether oxygens (including phenoxy) is 1. The van der Waals surface area contributed by atoms with Crippen LogP contribution < -0.4 is 15.8 Å². The summed E-state index contributed by atoms with van der Waals surface area (Å²) < 4.78 is 5.59. The maximum Gasteiger partial charge on any atom is 0.409 e. The third-order valence-corrected chi connectivity index (χ3v) is 2.50. The monoisotopic (exact) mass is 258 g/mol. The quantitative estimate of drug-likeness (QED) is 0.736. The van der Waals surface area contributed by atoms with Crippen LogP contribution >= 0.6 is 0 Å². The van der Waals surface area contributed by atoms with Crippen molar-refractivity contribution in [3.8, 4) is 5.75 Å². The normalized spacial score (nSPS) is 9.89. The average Bonchev–Trinajstić information content (AvgIpc) is 2.40. The first kappa shape index (κ1) is 12.8. The fraction of sp³-hybridized carbons (Fsp3) is 0.0714. The van der Waals surface area contributed by atoms with Crippen LogP contribution in [0.3, 0.4) is 0 Å². The van der Waals surface area contributed by atoms with E-state index in [4.69, 9.17) is 15.6 Å². The summed E-state index contributed by atoms with van der Waals surface area (Å²) in [4.78, 5) is 10.6. The molecule has 0 saturated heterocycles. The van der Waals surface area contributed by atoms with Gasteiger partial charge in [0.15, 0.2) is 0 Å². The molecule has 0 aromatic heterocycles. The van der Waals surface area contributed by atoms with Gasteiger partial charge in [-0.05, 0) is 17.7 Å². The Kier molecular flexibility index (Phi) is 3.87. The first-order valence-corrected chi connectivity index (χ1v) is 5.71. The molecule has 0 fully saturated rings. The molecular weight excluding hydrogens is 244 g/mol. The van der Waals surface area contributed by atoms with Gasteiger partial charge in [-0.25, -0.2) is 4.79 Å². The van der Waals surface area contributed by atoms with Crippen LogP contribution in [-0.4, -0.2) is 11.2 Å².